The highest BCUT2D eigenvalue weighted by atomic mass is 16.2. The lowest BCUT2D eigenvalue weighted by atomic mass is 10.0. The molecule has 92 valence electrons. The van der Waals surface area contributed by atoms with Gasteiger partial charge in [-0.25, -0.2) is 4.79 Å². The molecule has 1 saturated heterocycles. The van der Waals surface area contributed by atoms with E-state index >= 15 is 0 Å². The van der Waals surface area contributed by atoms with E-state index in [1.807, 2.05) is 30.3 Å². The summed E-state index contributed by atoms with van der Waals surface area (Å²) in [6.07, 6.45) is 0.978. The zero-order valence-electron chi connectivity index (χ0n) is 10.1. The van der Waals surface area contributed by atoms with E-state index in [4.69, 9.17) is 0 Å². The third kappa shape index (κ3) is 3.46. The highest BCUT2D eigenvalue weighted by Gasteiger charge is 2.29. The van der Waals surface area contributed by atoms with Gasteiger partial charge >= 0.3 is 6.03 Å². The fourth-order valence-corrected chi connectivity index (χ4v) is 2.02. The van der Waals surface area contributed by atoms with Crippen molar-refractivity contribution in [3.8, 4) is 0 Å². The number of hydrogen-bond donors (Lipinski definition) is 3. The summed E-state index contributed by atoms with van der Waals surface area (Å²) in [5.41, 5.74) is 0.998. The van der Waals surface area contributed by atoms with Gasteiger partial charge in [-0.2, -0.15) is 0 Å². The minimum Gasteiger partial charge on any atom is -0.334 e. The molecule has 4 nitrogen and oxygen atoms in total. The van der Waals surface area contributed by atoms with E-state index in [-0.39, 0.29) is 11.6 Å². The number of urea groups is 1. The Morgan fingerprint density at radius 1 is 1.41 bits per heavy atom. The molecule has 2 rings (SSSR count). The lowest BCUT2D eigenvalue weighted by molar-refractivity contribution is 0.229. The van der Waals surface area contributed by atoms with Crippen molar-refractivity contribution in [3.63, 3.8) is 0 Å². The first-order valence-corrected chi connectivity index (χ1v) is 5.99. The molecular weight excluding hydrogens is 214 g/mol. The molecule has 0 saturated carbocycles. The van der Waals surface area contributed by atoms with Crippen molar-refractivity contribution in [2.45, 2.75) is 25.4 Å². The molecule has 0 aliphatic carbocycles. The van der Waals surface area contributed by atoms with Gasteiger partial charge < -0.3 is 16.0 Å². The number of carbonyl (C=O) groups is 1. The lowest BCUT2D eigenvalue weighted by Gasteiger charge is -2.24. The summed E-state index contributed by atoms with van der Waals surface area (Å²) >= 11 is 0. The second kappa shape index (κ2) is 5.19. The summed E-state index contributed by atoms with van der Waals surface area (Å²) < 4.78 is 0. The fourth-order valence-electron chi connectivity index (χ4n) is 2.02. The quantitative estimate of drug-likeness (QED) is 0.735. The lowest BCUT2D eigenvalue weighted by Crippen LogP contribution is -2.51. The topological polar surface area (TPSA) is 53.2 Å². The molecule has 0 bridgehead atoms. The third-order valence-electron chi connectivity index (χ3n) is 3.08. The summed E-state index contributed by atoms with van der Waals surface area (Å²) in [6, 6.07) is 9.81. The van der Waals surface area contributed by atoms with E-state index in [1.165, 1.54) is 0 Å². The molecule has 1 aromatic rings. The van der Waals surface area contributed by atoms with Gasteiger partial charge in [0.15, 0.2) is 0 Å². The Kier molecular flexibility index (Phi) is 3.64. The van der Waals surface area contributed by atoms with Gasteiger partial charge in [-0.3, -0.25) is 0 Å². The molecule has 1 aliphatic heterocycles. The van der Waals surface area contributed by atoms with Gasteiger partial charge in [-0.05, 0) is 25.5 Å². The molecule has 0 aromatic heterocycles. The van der Waals surface area contributed by atoms with Crippen LogP contribution in [0.4, 0.5) is 4.79 Å². The van der Waals surface area contributed by atoms with E-state index in [0.29, 0.717) is 6.54 Å². The normalized spacial score (nSPS) is 23.4. The summed E-state index contributed by atoms with van der Waals surface area (Å²) in [5.74, 6) is 0. The second-order valence-electron chi connectivity index (χ2n) is 4.78. The zero-order chi connectivity index (χ0) is 12.1. The fraction of sp³-hybridized carbons (Fsp3) is 0.462. The van der Waals surface area contributed by atoms with Crippen molar-refractivity contribution in [1.82, 2.24) is 16.0 Å². The third-order valence-corrected chi connectivity index (χ3v) is 3.08. The molecule has 0 spiro atoms. The molecule has 1 fully saturated rings. The molecule has 1 heterocycles. The summed E-state index contributed by atoms with van der Waals surface area (Å²) in [7, 11) is 0. The Morgan fingerprint density at radius 2 is 2.18 bits per heavy atom. The van der Waals surface area contributed by atoms with Crippen LogP contribution in [0, 0.1) is 0 Å². The summed E-state index contributed by atoms with van der Waals surface area (Å²) in [5, 5.41) is 9.14. The number of amides is 2. The van der Waals surface area contributed by atoms with E-state index in [9.17, 15) is 4.79 Å². The average molecular weight is 233 g/mol. The first-order valence-electron chi connectivity index (χ1n) is 5.99. The van der Waals surface area contributed by atoms with Crippen LogP contribution in [-0.2, 0) is 6.54 Å². The SMILES string of the molecule is CC1(NC(=O)NCc2ccccc2)CCNC1. The van der Waals surface area contributed by atoms with Crippen molar-refractivity contribution in [2.24, 2.45) is 0 Å². The first kappa shape index (κ1) is 11.9. The van der Waals surface area contributed by atoms with Crippen LogP contribution in [0.5, 0.6) is 0 Å². The Morgan fingerprint density at radius 3 is 2.82 bits per heavy atom. The first-order chi connectivity index (χ1) is 8.18. The van der Waals surface area contributed by atoms with Crippen LogP contribution in [0.2, 0.25) is 0 Å². The summed E-state index contributed by atoms with van der Waals surface area (Å²) in [6.45, 7) is 4.44. The number of rotatable bonds is 3. The van der Waals surface area contributed by atoms with Gasteiger partial charge in [0.1, 0.15) is 0 Å². The van der Waals surface area contributed by atoms with Gasteiger partial charge in [-0.1, -0.05) is 30.3 Å². The van der Waals surface area contributed by atoms with Gasteiger partial charge in [-0.15, -0.1) is 0 Å². The molecule has 1 atom stereocenters. The number of benzene rings is 1. The maximum Gasteiger partial charge on any atom is 0.315 e. The van der Waals surface area contributed by atoms with Crippen LogP contribution < -0.4 is 16.0 Å². The standard InChI is InChI=1S/C13H19N3O/c1-13(7-8-14-10-13)16-12(17)15-9-11-5-3-2-4-6-11/h2-6,14H,7-10H2,1H3,(H2,15,16,17). The van der Waals surface area contributed by atoms with Crippen LogP contribution in [0.3, 0.4) is 0 Å². The molecule has 1 aliphatic rings. The second-order valence-corrected chi connectivity index (χ2v) is 4.78. The van der Waals surface area contributed by atoms with Crippen molar-refractivity contribution in [3.05, 3.63) is 35.9 Å². The monoisotopic (exact) mass is 233 g/mol. The van der Waals surface area contributed by atoms with Crippen LogP contribution in [0.1, 0.15) is 18.9 Å². The van der Waals surface area contributed by atoms with Crippen molar-refractivity contribution < 1.29 is 4.79 Å². The van der Waals surface area contributed by atoms with E-state index < -0.39 is 0 Å². The molecule has 3 N–H and O–H groups in total. The molecule has 1 unspecified atom stereocenters. The molecule has 17 heavy (non-hydrogen) atoms. The minimum atomic E-state index is -0.110. The Hall–Kier alpha value is -1.55. The predicted molar refractivity (Wildman–Crippen MR) is 67.7 cm³/mol. The maximum absolute atomic E-state index is 11.7. The zero-order valence-corrected chi connectivity index (χ0v) is 10.1. The highest BCUT2D eigenvalue weighted by molar-refractivity contribution is 5.74. The van der Waals surface area contributed by atoms with E-state index in [0.717, 1.165) is 25.1 Å². The molecular formula is C13H19N3O. The predicted octanol–water partition coefficient (Wildman–Crippen LogP) is 1.24. The number of hydrogen-bond acceptors (Lipinski definition) is 2. The minimum absolute atomic E-state index is 0.0972. The summed E-state index contributed by atoms with van der Waals surface area (Å²) in [4.78, 5) is 11.7. The molecule has 1 aromatic carbocycles. The van der Waals surface area contributed by atoms with Crippen molar-refractivity contribution >= 4 is 6.03 Å². The van der Waals surface area contributed by atoms with Crippen LogP contribution in [0.15, 0.2) is 30.3 Å². The van der Waals surface area contributed by atoms with E-state index in [2.05, 4.69) is 22.9 Å². The van der Waals surface area contributed by atoms with Crippen LogP contribution in [0.25, 0.3) is 0 Å². The largest absolute Gasteiger partial charge is 0.334 e. The van der Waals surface area contributed by atoms with Crippen molar-refractivity contribution in [1.29, 1.82) is 0 Å². The van der Waals surface area contributed by atoms with Crippen LogP contribution in [-0.4, -0.2) is 24.7 Å². The Labute approximate surface area is 102 Å². The smallest absolute Gasteiger partial charge is 0.315 e. The molecule has 2 amide bonds. The highest BCUT2D eigenvalue weighted by Crippen LogP contribution is 2.12. The molecule has 0 radical (unpaired) electrons. The Balaban J connectivity index is 1.78. The average Bonchev–Trinajstić information content (AvgIpc) is 2.74. The van der Waals surface area contributed by atoms with Crippen molar-refractivity contribution in [2.75, 3.05) is 13.1 Å². The number of carbonyl (C=O) groups excluding carboxylic acids is 1. The van der Waals surface area contributed by atoms with E-state index in [1.54, 1.807) is 0 Å². The maximum atomic E-state index is 11.7. The Bertz CT molecular complexity index is 372. The van der Waals surface area contributed by atoms with Crippen LogP contribution >= 0.6 is 0 Å². The van der Waals surface area contributed by atoms with Gasteiger partial charge in [0.25, 0.3) is 0 Å². The number of nitrogens with one attached hydrogen (secondary N) is 3. The van der Waals surface area contributed by atoms with Gasteiger partial charge in [0.2, 0.25) is 0 Å². The molecule has 4 heteroatoms. The van der Waals surface area contributed by atoms with Gasteiger partial charge in [0.05, 0.1) is 5.54 Å². The van der Waals surface area contributed by atoms with Gasteiger partial charge in [0, 0.05) is 13.1 Å².